The molecule has 2 aromatic carbocycles. The second-order valence-electron chi connectivity index (χ2n) is 5.95. The number of aryl methyl sites for hydroxylation is 2. The number of nitrogens with zero attached hydrogens (tertiary/aromatic N) is 1. The van der Waals surface area contributed by atoms with Gasteiger partial charge in [0.05, 0.1) is 16.9 Å². The molecule has 0 N–H and O–H groups in total. The van der Waals surface area contributed by atoms with Gasteiger partial charge >= 0.3 is 0 Å². The van der Waals surface area contributed by atoms with Crippen molar-refractivity contribution in [3.8, 4) is 0 Å². The second-order valence-corrected chi connectivity index (χ2v) is 7.20. The summed E-state index contributed by atoms with van der Waals surface area (Å²) in [5, 5.41) is 10.6. The third kappa shape index (κ3) is 3.30. The summed E-state index contributed by atoms with van der Waals surface area (Å²) >= 11 is 1.09. The standard InChI is InChI=1S/C19H17NO4S/c1-11-7-8-14(12(2)9-11)20-17(21)10-16(18(20)22)25-15-6-4-3-5-13(15)19(23)24/h3-9,16H,10H2,1-2H3,(H,23,24)/p-1/t16-/m1/s1. The van der Waals surface area contributed by atoms with Crippen molar-refractivity contribution in [3.05, 3.63) is 59.2 Å². The molecule has 3 rings (SSSR count). The van der Waals surface area contributed by atoms with Crippen LogP contribution in [-0.4, -0.2) is 23.0 Å². The van der Waals surface area contributed by atoms with Gasteiger partial charge in [0.25, 0.3) is 0 Å². The molecule has 1 fully saturated rings. The van der Waals surface area contributed by atoms with Gasteiger partial charge in [-0.1, -0.05) is 35.9 Å². The number of thioether (sulfide) groups is 1. The fourth-order valence-electron chi connectivity index (χ4n) is 2.90. The molecule has 0 aliphatic carbocycles. The molecule has 1 aliphatic heterocycles. The van der Waals surface area contributed by atoms with Crippen molar-refractivity contribution in [2.24, 2.45) is 0 Å². The van der Waals surface area contributed by atoms with Crippen molar-refractivity contribution in [3.63, 3.8) is 0 Å². The zero-order chi connectivity index (χ0) is 18.1. The van der Waals surface area contributed by atoms with Crippen LogP contribution >= 0.6 is 11.8 Å². The van der Waals surface area contributed by atoms with Gasteiger partial charge in [0.2, 0.25) is 11.8 Å². The third-order valence-electron chi connectivity index (χ3n) is 4.07. The predicted octanol–water partition coefficient (Wildman–Crippen LogP) is 2.09. The molecule has 1 saturated heterocycles. The molecular weight excluding hydrogens is 338 g/mol. The summed E-state index contributed by atoms with van der Waals surface area (Å²) in [6, 6.07) is 11.9. The van der Waals surface area contributed by atoms with Gasteiger partial charge in [0.15, 0.2) is 0 Å². The number of carboxylic acids is 1. The van der Waals surface area contributed by atoms with E-state index in [0.717, 1.165) is 22.9 Å². The number of aromatic carboxylic acids is 1. The molecule has 0 unspecified atom stereocenters. The Morgan fingerprint density at radius 3 is 2.56 bits per heavy atom. The van der Waals surface area contributed by atoms with Crippen molar-refractivity contribution < 1.29 is 19.5 Å². The molecule has 1 aliphatic rings. The van der Waals surface area contributed by atoms with Gasteiger partial charge in [-0.25, -0.2) is 4.90 Å². The van der Waals surface area contributed by atoms with Crippen LogP contribution in [0.15, 0.2) is 47.4 Å². The molecule has 2 aromatic rings. The van der Waals surface area contributed by atoms with Crippen LogP contribution in [0.1, 0.15) is 27.9 Å². The van der Waals surface area contributed by atoms with Crippen LogP contribution in [0.5, 0.6) is 0 Å². The minimum Gasteiger partial charge on any atom is -0.545 e. The number of carbonyl (C=O) groups excluding carboxylic acids is 3. The van der Waals surface area contributed by atoms with Gasteiger partial charge in [-0.2, -0.15) is 0 Å². The molecule has 0 radical (unpaired) electrons. The fourth-order valence-corrected chi connectivity index (χ4v) is 4.07. The van der Waals surface area contributed by atoms with E-state index in [1.807, 2.05) is 26.0 Å². The number of carbonyl (C=O) groups is 3. The lowest BCUT2D eigenvalue weighted by atomic mass is 10.1. The second kappa shape index (κ2) is 6.72. The first-order valence-electron chi connectivity index (χ1n) is 7.79. The van der Waals surface area contributed by atoms with Crippen molar-refractivity contribution >= 4 is 35.2 Å². The smallest absolute Gasteiger partial charge is 0.247 e. The van der Waals surface area contributed by atoms with Crippen LogP contribution in [0.2, 0.25) is 0 Å². The van der Waals surface area contributed by atoms with E-state index in [-0.39, 0.29) is 23.8 Å². The number of anilines is 1. The lowest BCUT2D eigenvalue weighted by Gasteiger charge is -2.18. The quantitative estimate of drug-likeness (QED) is 0.786. The van der Waals surface area contributed by atoms with Gasteiger partial charge in [0.1, 0.15) is 0 Å². The number of rotatable bonds is 4. The first-order valence-corrected chi connectivity index (χ1v) is 8.67. The molecule has 5 nitrogen and oxygen atoms in total. The Kier molecular flexibility index (Phi) is 4.63. The lowest BCUT2D eigenvalue weighted by Crippen LogP contribution is -2.31. The monoisotopic (exact) mass is 354 g/mol. The normalized spacial score (nSPS) is 17.2. The van der Waals surface area contributed by atoms with Crippen LogP contribution in [0.25, 0.3) is 0 Å². The third-order valence-corrected chi connectivity index (χ3v) is 5.34. The highest BCUT2D eigenvalue weighted by Gasteiger charge is 2.40. The molecular formula is C19H16NO4S-. The van der Waals surface area contributed by atoms with E-state index in [0.29, 0.717) is 10.6 Å². The van der Waals surface area contributed by atoms with Crippen molar-refractivity contribution in [2.45, 2.75) is 30.4 Å². The molecule has 6 heteroatoms. The molecule has 0 bridgehead atoms. The molecule has 128 valence electrons. The summed E-state index contributed by atoms with van der Waals surface area (Å²) in [6.07, 6.45) is 0.0399. The number of benzene rings is 2. The maximum absolute atomic E-state index is 12.8. The van der Waals surface area contributed by atoms with Gasteiger partial charge in [0, 0.05) is 16.9 Å². The fraction of sp³-hybridized carbons (Fsp3) is 0.211. The lowest BCUT2D eigenvalue weighted by molar-refractivity contribution is -0.255. The van der Waals surface area contributed by atoms with Gasteiger partial charge in [-0.15, -0.1) is 11.8 Å². The van der Waals surface area contributed by atoms with E-state index in [1.165, 1.54) is 11.0 Å². The molecule has 25 heavy (non-hydrogen) atoms. The van der Waals surface area contributed by atoms with Crippen molar-refractivity contribution in [1.82, 2.24) is 0 Å². The average molecular weight is 354 g/mol. The highest BCUT2D eigenvalue weighted by atomic mass is 32.2. The molecule has 1 atom stereocenters. The Hall–Kier alpha value is -2.60. The highest BCUT2D eigenvalue weighted by molar-refractivity contribution is 8.00. The largest absolute Gasteiger partial charge is 0.545 e. The van der Waals surface area contributed by atoms with Gasteiger partial charge < -0.3 is 9.90 Å². The number of hydrogen-bond donors (Lipinski definition) is 0. The average Bonchev–Trinajstić information content (AvgIpc) is 2.82. The Bertz CT molecular complexity index is 877. The Morgan fingerprint density at radius 1 is 1.16 bits per heavy atom. The maximum Gasteiger partial charge on any atom is 0.247 e. The Labute approximate surface area is 149 Å². The summed E-state index contributed by atoms with van der Waals surface area (Å²) < 4.78 is 0. The highest BCUT2D eigenvalue weighted by Crippen LogP contribution is 2.36. The van der Waals surface area contributed by atoms with Crippen LogP contribution in [-0.2, 0) is 9.59 Å². The minimum atomic E-state index is -1.30. The van der Waals surface area contributed by atoms with Crippen LogP contribution in [0, 0.1) is 13.8 Å². The van der Waals surface area contributed by atoms with E-state index in [1.54, 1.807) is 24.3 Å². The summed E-state index contributed by atoms with van der Waals surface area (Å²) in [5.41, 5.74) is 2.51. The van der Waals surface area contributed by atoms with E-state index in [2.05, 4.69) is 0 Å². The number of imide groups is 1. The van der Waals surface area contributed by atoms with E-state index in [9.17, 15) is 19.5 Å². The Morgan fingerprint density at radius 2 is 1.88 bits per heavy atom. The molecule has 1 heterocycles. The summed E-state index contributed by atoms with van der Waals surface area (Å²) in [4.78, 5) is 38.0. The first kappa shape index (κ1) is 17.2. The Balaban J connectivity index is 1.88. The molecule has 0 aromatic heterocycles. The molecule has 2 amide bonds. The number of amides is 2. The van der Waals surface area contributed by atoms with Crippen molar-refractivity contribution in [1.29, 1.82) is 0 Å². The van der Waals surface area contributed by atoms with Crippen LogP contribution in [0.4, 0.5) is 5.69 Å². The summed E-state index contributed by atoms with van der Waals surface area (Å²) in [7, 11) is 0. The summed E-state index contributed by atoms with van der Waals surface area (Å²) in [5.74, 6) is -1.90. The maximum atomic E-state index is 12.8. The number of hydrogen-bond acceptors (Lipinski definition) is 5. The van der Waals surface area contributed by atoms with Gasteiger partial charge in [-0.05, 0) is 31.5 Å². The van der Waals surface area contributed by atoms with Crippen LogP contribution < -0.4 is 10.0 Å². The van der Waals surface area contributed by atoms with E-state index < -0.39 is 11.2 Å². The van der Waals surface area contributed by atoms with E-state index in [4.69, 9.17) is 0 Å². The summed E-state index contributed by atoms with van der Waals surface area (Å²) in [6.45, 7) is 3.80. The SMILES string of the molecule is Cc1ccc(N2C(=O)C[C@@H](Sc3ccccc3C(=O)[O-])C2=O)c(C)c1. The first-order chi connectivity index (χ1) is 11.9. The predicted molar refractivity (Wildman–Crippen MR) is 93.4 cm³/mol. The minimum absolute atomic E-state index is 0.0257. The van der Waals surface area contributed by atoms with Gasteiger partial charge in [-0.3, -0.25) is 9.59 Å². The zero-order valence-electron chi connectivity index (χ0n) is 13.8. The van der Waals surface area contributed by atoms with Crippen LogP contribution in [0.3, 0.4) is 0 Å². The van der Waals surface area contributed by atoms with E-state index >= 15 is 0 Å². The van der Waals surface area contributed by atoms with Crippen molar-refractivity contribution in [2.75, 3.05) is 4.90 Å². The molecule has 0 saturated carbocycles. The number of carboxylic acid groups (broad SMARTS) is 1. The topological polar surface area (TPSA) is 77.5 Å². The zero-order valence-corrected chi connectivity index (χ0v) is 14.6. The molecule has 0 spiro atoms.